The molecule has 1 aliphatic heterocycles. The van der Waals surface area contributed by atoms with E-state index in [4.69, 9.17) is 4.52 Å². The number of amides is 1. The third-order valence-electron chi connectivity index (χ3n) is 4.24. The molecule has 6 heteroatoms. The Morgan fingerprint density at radius 2 is 2.21 bits per heavy atom. The van der Waals surface area contributed by atoms with E-state index in [2.05, 4.69) is 10.1 Å². The third-order valence-corrected chi connectivity index (χ3v) is 4.24. The van der Waals surface area contributed by atoms with Crippen LogP contribution in [0.2, 0.25) is 0 Å². The zero-order valence-electron chi connectivity index (χ0n) is 14.3. The molecule has 0 radical (unpaired) electrons. The molecule has 0 N–H and O–H groups in total. The predicted molar refractivity (Wildman–Crippen MR) is 88.5 cm³/mol. The second kappa shape index (κ2) is 6.71. The second-order valence-electron chi connectivity index (χ2n) is 6.60. The molecule has 24 heavy (non-hydrogen) atoms. The Labute approximate surface area is 140 Å². The minimum atomic E-state index is -0.321. The van der Waals surface area contributed by atoms with Gasteiger partial charge in [-0.3, -0.25) is 4.79 Å². The van der Waals surface area contributed by atoms with Gasteiger partial charge in [0.2, 0.25) is 11.8 Å². The van der Waals surface area contributed by atoms with Crippen molar-refractivity contribution in [3.05, 3.63) is 40.8 Å². The average Bonchev–Trinajstić information content (AvgIpc) is 3.01. The molecule has 1 amide bonds. The van der Waals surface area contributed by atoms with Gasteiger partial charge in [-0.05, 0) is 37.0 Å². The maximum atomic E-state index is 14.4. The van der Waals surface area contributed by atoms with Crippen LogP contribution in [0.4, 0.5) is 10.1 Å². The van der Waals surface area contributed by atoms with Gasteiger partial charge in [0.15, 0.2) is 5.82 Å². The highest BCUT2D eigenvalue weighted by Crippen LogP contribution is 2.31. The number of fused-ring (bicyclic) bond motifs is 1. The van der Waals surface area contributed by atoms with Crippen LogP contribution in [0.5, 0.6) is 0 Å². The maximum absolute atomic E-state index is 14.4. The van der Waals surface area contributed by atoms with Crippen molar-refractivity contribution in [3.63, 3.8) is 0 Å². The summed E-state index contributed by atoms with van der Waals surface area (Å²) in [6, 6.07) is 3.45. The van der Waals surface area contributed by atoms with E-state index in [1.54, 1.807) is 4.90 Å². The van der Waals surface area contributed by atoms with Crippen molar-refractivity contribution in [1.82, 2.24) is 10.1 Å². The number of aryl methyl sites for hydroxylation is 3. The van der Waals surface area contributed by atoms with Crippen LogP contribution in [0.3, 0.4) is 0 Å². The first kappa shape index (κ1) is 16.6. The van der Waals surface area contributed by atoms with Crippen LogP contribution < -0.4 is 4.90 Å². The van der Waals surface area contributed by atoms with Gasteiger partial charge in [-0.25, -0.2) is 4.39 Å². The van der Waals surface area contributed by atoms with E-state index in [0.29, 0.717) is 30.4 Å². The van der Waals surface area contributed by atoms with Crippen molar-refractivity contribution in [1.29, 1.82) is 0 Å². The van der Waals surface area contributed by atoms with Crippen molar-refractivity contribution in [2.45, 2.75) is 52.4 Å². The van der Waals surface area contributed by atoms with Gasteiger partial charge in [0, 0.05) is 25.3 Å². The van der Waals surface area contributed by atoms with Gasteiger partial charge in [0.05, 0.1) is 5.69 Å². The predicted octanol–water partition coefficient (Wildman–Crippen LogP) is 3.55. The number of hydrogen-bond donors (Lipinski definition) is 0. The Hall–Kier alpha value is -2.24. The van der Waals surface area contributed by atoms with Crippen LogP contribution in [-0.4, -0.2) is 22.6 Å². The number of rotatable bonds is 4. The molecule has 0 bridgehead atoms. The molecule has 0 aliphatic carbocycles. The first-order valence-electron chi connectivity index (χ1n) is 8.37. The topological polar surface area (TPSA) is 59.2 Å². The van der Waals surface area contributed by atoms with Crippen molar-refractivity contribution >= 4 is 11.6 Å². The summed E-state index contributed by atoms with van der Waals surface area (Å²) in [6.07, 6.45) is 2.25. The molecule has 1 aromatic carbocycles. The zero-order valence-corrected chi connectivity index (χ0v) is 14.3. The number of halogens is 1. The van der Waals surface area contributed by atoms with Crippen LogP contribution in [0.25, 0.3) is 0 Å². The van der Waals surface area contributed by atoms with Gasteiger partial charge in [-0.2, -0.15) is 4.98 Å². The summed E-state index contributed by atoms with van der Waals surface area (Å²) >= 11 is 0. The number of benzene rings is 1. The highest BCUT2D eigenvalue weighted by atomic mass is 19.1. The lowest BCUT2D eigenvalue weighted by Crippen LogP contribution is -2.36. The SMILES string of the molecule is Cc1cc(F)c2c(c1)CCCN2C(=O)CCc1nc(C(C)C)no1. The number of nitrogens with zero attached hydrogens (tertiary/aromatic N) is 3. The van der Waals surface area contributed by atoms with Crippen LogP contribution in [0.15, 0.2) is 16.7 Å². The Morgan fingerprint density at radius 1 is 1.42 bits per heavy atom. The molecule has 5 nitrogen and oxygen atoms in total. The summed E-state index contributed by atoms with van der Waals surface area (Å²) in [7, 11) is 0. The first-order valence-corrected chi connectivity index (χ1v) is 8.37. The fourth-order valence-electron chi connectivity index (χ4n) is 3.04. The Bertz CT molecular complexity index is 755. The zero-order chi connectivity index (χ0) is 17.3. The minimum absolute atomic E-state index is 0.108. The maximum Gasteiger partial charge on any atom is 0.227 e. The Kier molecular flexibility index (Phi) is 4.64. The summed E-state index contributed by atoms with van der Waals surface area (Å²) in [5, 5.41) is 3.89. The van der Waals surface area contributed by atoms with Gasteiger partial charge in [-0.1, -0.05) is 25.1 Å². The van der Waals surface area contributed by atoms with Gasteiger partial charge in [0.1, 0.15) is 5.82 Å². The molecule has 0 unspecified atom stereocenters. The summed E-state index contributed by atoms with van der Waals surface area (Å²) in [5.41, 5.74) is 2.23. The smallest absolute Gasteiger partial charge is 0.227 e. The third kappa shape index (κ3) is 3.32. The molecule has 3 rings (SSSR count). The molecule has 0 atom stereocenters. The minimum Gasteiger partial charge on any atom is -0.339 e. The monoisotopic (exact) mass is 331 g/mol. The van der Waals surface area contributed by atoms with E-state index >= 15 is 0 Å². The average molecular weight is 331 g/mol. The van der Waals surface area contributed by atoms with E-state index in [1.807, 2.05) is 26.8 Å². The Morgan fingerprint density at radius 3 is 2.92 bits per heavy atom. The molecule has 0 saturated carbocycles. The summed E-state index contributed by atoms with van der Waals surface area (Å²) in [6.45, 7) is 6.38. The van der Waals surface area contributed by atoms with Gasteiger partial charge < -0.3 is 9.42 Å². The molecule has 0 saturated heterocycles. The first-order chi connectivity index (χ1) is 11.5. The number of hydrogen-bond acceptors (Lipinski definition) is 4. The lowest BCUT2D eigenvalue weighted by molar-refractivity contribution is -0.118. The summed E-state index contributed by atoms with van der Waals surface area (Å²) in [4.78, 5) is 18.4. The van der Waals surface area contributed by atoms with Gasteiger partial charge >= 0.3 is 0 Å². The van der Waals surface area contributed by atoms with E-state index in [-0.39, 0.29) is 24.1 Å². The molecular formula is C18H22FN3O2. The lowest BCUT2D eigenvalue weighted by Gasteiger charge is -2.30. The van der Waals surface area contributed by atoms with Gasteiger partial charge in [-0.15, -0.1) is 0 Å². The largest absolute Gasteiger partial charge is 0.339 e. The molecule has 2 aromatic rings. The molecule has 1 aliphatic rings. The molecule has 0 fully saturated rings. The van der Waals surface area contributed by atoms with E-state index in [1.165, 1.54) is 6.07 Å². The number of carbonyl (C=O) groups is 1. The summed E-state index contributed by atoms with van der Waals surface area (Å²) in [5.74, 6) is 0.849. The molecule has 128 valence electrons. The highest BCUT2D eigenvalue weighted by Gasteiger charge is 2.26. The fourth-order valence-corrected chi connectivity index (χ4v) is 3.04. The highest BCUT2D eigenvalue weighted by molar-refractivity contribution is 5.94. The van der Waals surface area contributed by atoms with Crippen molar-refractivity contribution < 1.29 is 13.7 Å². The normalized spacial score (nSPS) is 14.1. The second-order valence-corrected chi connectivity index (χ2v) is 6.60. The standard InChI is InChI=1S/C18H22FN3O2/c1-11(2)18-20-15(24-21-18)6-7-16(23)22-8-4-5-13-9-12(3)10-14(19)17(13)22/h9-11H,4-8H2,1-3H3. The molecule has 2 heterocycles. The van der Waals surface area contributed by atoms with Crippen LogP contribution in [0, 0.1) is 12.7 Å². The molecule has 1 aromatic heterocycles. The number of anilines is 1. The molecular weight excluding hydrogens is 309 g/mol. The van der Waals surface area contributed by atoms with Gasteiger partial charge in [0.25, 0.3) is 0 Å². The van der Waals surface area contributed by atoms with Crippen LogP contribution >= 0.6 is 0 Å². The van der Waals surface area contributed by atoms with Crippen LogP contribution in [-0.2, 0) is 17.6 Å². The van der Waals surface area contributed by atoms with E-state index < -0.39 is 0 Å². The van der Waals surface area contributed by atoms with Crippen molar-refractivity contribution in [2.75, 3.05) is 11.4 Å². The van der Waals surface area contributed by atoms with E-state index in [0.717, 1.165) is 24.0 Å². The number of carbonyl (C=O) groups excluding carboxylic acids is 1. The molecule has 0 spiro atoms. The lowest BCUT2D eigenvalue weighted by atomic mass is 9.98. The van der Waals surface area contributed by atoms with E-state index in [9.17, 15) is 9.18 Å². The van der Waals surface area contributed by atoms with Crippen molar-refractivity contribution in [3.8, 4) is 0 Å². The quantitative estimate of drug-likeness (QED) is 0.859. The number of aromatic nitrogens is 2. The Balaban J connectivity index is 1.72. The fraction of sp³-hybridized carbons (Fsp3) is 0.500. The summed E-state index contributed by atoms with van der Waals surface area (Å²) < 4.78 is 19.5. The van der Waals surface area contributed by atoms with Crippen LogP contribution in [0.1, 0.15) is 55.4 Å². The van der Waals surface area contributed by atoms with Crippen molar-refractivity contribution in [2.24, 2.45) is 0 Å².